The monoisotopic (exact) mass is 382 g/mol. The summed E-state index contributed by atoms with van der Waals surface area (Å²) in [5, 5.41) is 14.0. The van der Waals surface area contributed by atoms with Gasteiger partial charge in [-0.15, -0.1) is 0 Å². The third-order valence-electron chi connectivity index (χ3n) is 3.77. The Morgan fingerprint density at radius 2 is 1.70 bits per heavy atom. The van der Waals surface area contributed by atoms with Crippen molar-refractivity contribution in [1.82, 2.24) is 0 Å². The summed E-state index contributed by atoms with van der Waals surface area (Å²) in [7, 11) is 0. The molecule has 0 unspecified atom stereocenters. The SMILES string of the molecule is Cc1ccc(Sc2ccc(C(=O)Nc3ccc(F)cc3)cc2[N+](=O)[O-])cc1. The molecule has 1 N–H and O–H groups in total. The predicted molar refractivity (Wildman–Crippen MR) is 103 cm³/mol. The largest absolute Gasteiger partial charge is 0.322 e. The maximum Gasteiger partial charge on any atom is 0.284 e. The Hall–Kier alpha value is -3.19. The molecule has 5 nitrogen and oxygen atoms in total. The summed E-state index contributed by atoms with van der Waals surface area (Å²) >= 11 is 1.26. The van der Waals surface area contributed by atoms with Gasteiger partial charge >= 0.3 is 0 Å². The smallest absolute Gasteiger partial charge is 0.284 e. The number of rotatable bonds is 5. The van der Waals surface area contributed by atoms with Crippen LogP contribution in [0.2, 0.25) is 0 Å². The van der Waals surface area contributed by atoms with Gasteiger partial charge in [0.05, 0.1) is 9.82 Å². The number of nitro benzene ring substituents is 1. The van der Waals surface area contributed by atoms with Crippen molar-refractivity contribution in [3.05, 3.63) is 93.8 Å². The second-order valence-electron chi connectivity index (χ2n) is 5.82. The molecule has 0 radical (unpaired) electrons. The van der Waals surface area contributed by atoms with Gasteiger partial charge in [0.25, 0.3) is 11.6 Å². The van der Waals surface area contributed by atoms with Crippen molar-refractivity contribution in [2.45, 2.75) is 16.7 Å². The van der Waals surface area contributed by atoms with E-state index in [0.29, 0.717) is 10.6 Å². The zero-order valence-corrected chi connectivity index (χ0v) is 15.1. The van der Waals surface area contributed by atoms with Crippen molar-refractivity contribution in [1.29, 1.82) is 0 Å². The second kappa shape index (κ2) is 8.01. The Labute approximate surface area is 159 Å². The minimum absolute atomic E-state index is 0.146. The molecule has 0 spiro atoms. The number of carbonyl (C=O) groups is 1. The summed E-state index contributed by atoms with van der Waals surface area (Å²) in [6.07, 6.45) is 0. The number of nitro groups is 1. The van der Waals surface area contributed by atoms with Crippen LogP contribution in [0.25, 0.3) is 0 Å². The van der Waals surface area contributed by atoms with Crippen LogP contribution in [-0.4, -0.2) is 10.8 Å². The van der Waals surface area contributed by atoms with Crippen LogP contribution < -0.4 is 5.32 Å². The molecular formula is C20H15FN2O3S. The number of nitrogens with zero attached hydrogens (tertiary/aromatic N) is 1. The van der Waals surface area contributed by atoms with Gasteiger partial charge in [-0.05, 0) is 55.5 Å². The fraction of sp³-hybridized carbons (Fsp3) is 0.0500. The van der Waals surface area contributed by atoms with Gasteiger partial charge in [0.1, 0.15) is 5.82 Å². The number of amides is 1. The Kier molecular flexibility index (Phi) is 5.52. The number of hydrogen-bond donors (Lipinski definition) is 1. The maximum absolute atomic E-state index is 12.9. The molecule has 0 fully saturated rings. The zero-order chi connectivity index (χ0) is 19.4. The Balaban J connectivity index is 1.84. The standard InChI is InChI=1S/C20H15FN2O3S/c1-13-2-9-17(10-3-13)27-19-11-4-14(12-18(19)23(25)26)20(24)22-16-7-5-15(21)6-8-16/h2-12H,1H3,(H,22,24). The molecule has 0 atom stereocenters. The number of anilines is 1. The highest BCUT2D eigenvalue weighted by atomic mass is 32.2. The van der Waals surface area contributed by atoms with E-state index in [1.165, 1.54) is 48.2 Å². The van der Waals surface area contributed by atoms with Crippen LogP contribution in [0, 0.1) is 22.9 Å². The van der Waals surface area contributed by atoms with Gasteiger partial charge < -0.3 is 5.32 Å². The lowest BCUT2D eigenvalue weighted by atomic mass is 10.2. The van der Waals surface area contributed by atoms with E-state index in [4.69, 9.17) is 0 Å². The van der Waals surface area contributed by atoms with Gasteiger partial charge in [0.15, 0.2) is 0 Å². The molecule has 3 rings (SSSR count). The predicted octanol–water partition coefficient (Wildman–Crippen LogP) is 5.45. The van der Waals surface area contributed by atoms with Crippen LogP contribution in [0.1, 0.15) is 15.9 Å². The van der Waals surface area contributed by atoms with Gasteiger partial charge in [-0.2, -0.15) is 0 Å². The van der Waals surface area contributed by atoms with Crippen molar-refractivity contribution >= 4 is 29.0 Å². The molecule has 0 heterocycles. The summed E-state index contributed by atoms with van der Waals surface area (Å²) in [5.74, 6) is -0.919. The molecule has 7 heteroatoms. The van der Waals surface area contributed by atoms with Gasteiger partial charge in [-0.3, -0.25) is 14.9 Å². The minimum Gasteiger partial charge on any atom is -0.322 e. The zero-order valence-electron chi connectivity index (χ0n) is 14.3. The molecular weight excluding hydrogens is 367 g/mol. The average Bonchev–Trinajstić information content (AvgIpc) is 2.65. The van der Waals surface area contributed by atoms with Crippen LogP contribution in [0.15, 0.2) is 76.5 Å². The molecule has 0 saturated carbocycles. The lowest BCUT2D eigenvalue weighted by Crippen LogP contribution is -2.12. The second-order valence-corrected chi connectivity index (χ2v) is 6.93. The fourth-order valence-corrected chi connectivity index (χ4v) is 3.26. The van der Waals surface area contributed by atoms with E-state index in [-0.39, 0.29) is 11.3 Å². The van der Waals surface area contributed by atoms with Gasteiger partial charge in [-0.25, -0.2) is 4.39 Å². The first-order chi connectivity index (χ1) is 12.9. The van der Waals surface area contributed by atoms with E-state index in [1.807, 2.05) is 31.2 Å². The van der Waals surface area contributed by atoms with Crippen LogP contribution in [-0.2, 0) is 0 Å². The van der Waals surface area contributed by atoms with Gasteiger partial charge in [0, 0.05) is 22.2 Å². The van der Waals surface area contributed by atoms with Crippen LogP contribution in [0.3, 0.4) is 0 Å². The van der Waals surface area contributed by atoms with Crippen molar-refractivity contribution in [3.63, 3.8) is 0 Å². The molecule has 0 aliphatic heterocycles. The topological polar surface area (TPSA) is 72.2 Å². The Bertz CT molecular complexity index is 989. The first-order valence-electron chi connectivity index (χ1n) is 8.02. The quantitative estimate of drug-likeness (QED) is 0.471. The average molecular weight is 382 g/mol. The summed E-state index contributed by atoms with van der Waals surface area (Å²) in [6.45, 7) is 1.96. The van der Waals surface area contributed by atoms with Crippen LogP contribution >= 0.6 is 11.8 Å². The number of carbonyl (C=O) groups excluding carboxylic acids is 1. The maximum atomic E-state index is 12.9. The molecule has 3 aromatic rings. The van der Waals surface area contributed by atoms with E-state index >= 15 is 0 Å². The van der Waals surface area contributed by atoms with Gasteiger partial charge in [0.2, 0.25) is 0 Å². The highest BCUT2D eigenvalue weighted by Crippen LogP contribution is 2.35. The molecule has 27 heavy (non-hydrogen) atoms. The molecule has 0 saturated heterocycles. The summed E-state index contributed by atoms with van der Waals surface area (Å²) in [4.78, 5) is 24.6. The molecule has 136 valence electrons. The normalized spacial score (nSPS) is 10.4. The third-order valence-corrected chi connectivity index (χ3v) is 4.84. The van der Waals surface area contributed by atoms with E-state index < -0.39 is 16.6 Å². The van der Waals surface area contributed by atoms with E-state index in [9.17, 15) is 19.3 Å². The highest BCUT2D eigenvalue weighted by Gasteiger charge is 2.18. The van der Waals surface area contributed by atoms with Crippen LogP contribution in [0.5, 0.6) is 0 Å². The molecule has 0 aliphatic carbocycles. The first-order valence-corrected chi connectivity index (χ1v) is 8.84. The number of aryl methyl sites for hydroxylation is 1. The summed E-state index contributed by atoms with van der Waals surface area (Å²) < 4.78 is 12.9. The van der Waals surface area contributed by atoms with Crippen molar-refractivity contribution in [2.24, 2.45) is 0 Å². The van der Waals surface area contributed by atoms with E-state index in [0.717, 1.165) is 10.5 Å². The lowest BCUT2D eigenvalue weighted by molar-refractivity contribution is -0.387. The minimum atomic E-state index is -0.509. The number of benzene rings is 3. The lowest BCUT2D eigenvalue weighted by Gasteiger charge is -2.08. The first kappa shape index (κ1) is 18.6. The van der Waals surface area contributed by atoms with Gasteiger partial charge in [-0.1, -0.05) is 29.5 Å². The number of nitrogens with one attached hydrogen (secondary N) is 1. The number of hydrogen-bond acceptors (Lipinski definition) is 4. The molecule has 3 aromatic carbocycles. The van der Waals surface area contributed by atoms with Crippen molar-refractivity contribution in [3.8, 4) is 0 Å². The third kappa shape index (κ3) is 4.71. The van der Waals surface area contributed by atoms with E-state index in [2.05, 4.69) is 5.32 Å². The number of halogens is 1. The molecule has 1 amide bonds. The molecule has 0 aromatic heterocycles. The Morgan fingerprint density at radius 3 is 2.33 bits per heavy atom. The Morgan fingerprint density at radius 1 is 1.04 bits per heavy atom. The summed E-state index contributed by atoms with van der Waals surface area (Å²) in [6, 6.07) is 17.3. The molecule has 0 aliphatic rings. The highest BCUT2D eigenvalue weighted by molar-refractivity contribution is 7.99. The van der Waals surface area contributed by atoms with Crippen molar-refractivity contribution < 1.29 is 14.1 Å². The van der Waals surface area contributed by atoms with E-state index in [1.54, 1.807) is 6.07 Å². The molecule has 0 bridgehead atoms. The fourth-order valence-electron chi connectivity index (χ4n) is 2.36. The van der Waals surface area contributed by atoms with Crippen molar-refractivity contribution in [2.75, 3.05) is 5.32 Å². The summed E-state index contributed by atoms with van der Waals surface area (Å²) in [5.41, 5.74) is 1.51. The van der Waals surface area contributed by atoms with Crippen LogP contribution in [0.4, 0.5) is 15.8 Å².